The third-order valence-electron chi connectivity index (χ3n) is 3.72. The summed E-state index contributed by atoms with van der Waals surface area (Å²) in [5, 5.41) is 0.502. The van der Waals surface area contributed by atoms with Crippen LogP contribution in [-0.4, -0.2) is 11.3 Å². The summed E-state index contributed by atoms with van der Waals surface area (Å²) in [6.45, 7) is 0. The van der Waals surface area contributed by atoms with Gasteiger partial charge in [0.2, 0.25) is 0 Å². The summed E-state index contributed by atoms with van der Waals surface area (Å²) < 4.78 is 51.0. The summed E-state index contributed by atoms with van der Waals surface area (Å²) >= 11 is 0. The molecule has 2 aliphatic heterocycles. The Bertz CT molecular complexity index is 627. The molecule has 0 spiro atoms. The molecule has 2 bridgehead atoms. The molecule has 3 rings (SSSR count). The van der Waals surface area contributed by atoms with Crippen molar-refractivity contribution in [1.82, 2.24) is 0 Å². The Hall–Kier alpha value is -1.54. The quantitative estimate of drug-likeness (QED) is 0.562. The Kier molecular flexibility index (Phi) is 3.02. The van der Waals surface area contributed by atoms with Crippen LogP contribution in [0.2, 0.25) is 0 Å². The van der Waals surface area contributed by atoms with E-state index in [0.717, 1.165) is 12.1 Å². The number of halogens is 3. The van der Waals surface area contributed by atoms with Gasteiger partial charge >= 0.3 is 6.18 Å². The third-order valence-corrected chi connectivity index (χ3v) is 7.28. The van der Waals surface area contributed by atoms with Gasteiger partial charge in [0.1, 0.15) is 7.14 Å². The second-order valence-corrected chi connectivity index (χ2v) is 8.02. The number of hydrogen-bond donors (Lipinski definition) is 0. The average molecular weight is 296 g/mol. The number of fused-ring (bicyclic) bond motifs is 2. The lowest BCUT2D eigenvalue weighted by Crippen LogP contribution is -2.18. The van der Waals surface area contributed by atoms with Crippen LogP contribution in [0.25, 0.3) is 0 Å². The van der Waals surface area contributed by atoms with Gasteiger partial charge in [-0.2, -0.15) is 13.2 Å². The molecule has 20 heavy (non-hydrogen) atoms. The molecule has 2 atom stereocenters. The van der Waals surface area contributed by atoms with Gasteiger partial charge < -0.3 is 4.57 Å². The molecule has 0 N–H and O–H groups in total. The average Bonchev–Trinajstić information content (AvgIpc) is 2.58. The van der Waals surface area contributed by atoms with Gasteiger partial charge in [-0.1, -0.05) is 48.6 Å². The van der Waals surface area contributed by atoms with Crippen LogP contribution in [0, 0.1) is 0 Å². The molecular weight excluding hydrogens is 284 g/mol. The standard InChI is InChI=1S/C15H12F3OP/c16-15(17,18)11-5-7-14(8-6-11)20(19)12-3-1-2-4-13(20)10-9-12/h1-10,12-13H. The number of hydrogen-bond acceptors (Lipinski definition) is 1. The number of allylic oxidation sites excluding steroid dienone is 6. The van der Waals surface area contributed by atoms with E-state index in [0.29, 0.717) is 5.30 Å². The second kappa shape index (κ2) is 4.49. The van der Waals surface area contributed by atoms with E-state index in [2.05, 4.69) is 0 Å². The van der Waals surface area contributed by atoms with Gasteiger partial charge in [-0.25, -0.2) is 0 Å². The molecule has 0 saturated heterocycles. The van der Waals surface area contributed by atoms with Crippen molar-refractivity contribution in [3.63, 3.8) is 0 Å². The highest BCUT2D eigenvalue weighted by Crippen LogP contribution is 2.60. The van der Waals surface area contributed by atoms with E-state index in [1.807, 2.05) is 36.5 Å². The van der Waals surface area contributed by atoms with Crippen molar-refractivity contribution in [2.45, 2.75) is 17.5 Å². The van der Waals surface area contributed by atoms with Crippen molar-refractivity contribution in [3.8, 4) is 0 Å². The summed E-state index contributed by atoms with van der Waals surface area (Å²) in [5.74, 6) is 0. The van der Waals surface area contributed by atoms with E-state index in [-0.39, 0.29) is 11.3 Å². The van der Waals surface area contributed by atoms with Crippen LogP contribution in [-0.2, 0) is 10.7 Å². The van der Waals surface area contributed by atoms with Gasteiger partial charge in [-0.05, 0) is 12.1 Å². The molecule has 1 aromatic carbocycles. The first kappa shape index (κ1) is 13.4. The topological polar surface area (TPSA) is 17.1 Å². The minimum absolute atomic E-state index is 0.223. The van der Waals surface area contributed by atoms with Crippen LogP contribution >= 0.6 is 7.14 Å². The molecular formula is C15H12F3OP. The molecule has 1 nitrogen and oxygen atoms in total. The van der Waals surface area contributed by atoms with Gasteiger partial charge in [0.05, 0.1) is 16.9 Å². The van der Waals surface area contributed by atoms with Gasteiger partial charge in [0.15, 0.2) is 0 Å². The summed E-state index contributed by atoms with van der Waals surface area (Å²) in [7, 11) is -2.80. The second-order valence-electron chi connectivity index (χ2n) is 4.89. The number of alkyl halides is 3. The van der Waals surface area contributed by atoms with Crippen LogP contribution < -0.4 is 5.30 Å². The summed E-state index contributed by atoms with van der Waals surface area (Å²) in [4.78, 5) is 0. The largest absolute Gasteiger partial charge is 0.416 e. The van der Waals surface area contributed by atoms with Crippen molar-refractivity contribution in [3.05, 3.63) is 66.3 Å². The zero-order valence-corrected chi connectivity index (χ0v) is 11.3. The van der Waals surface area contributed by atoms with Crippen LogP contribution in [0.1, 0.15) is 5.56 Å². The zero-order chi connectivity index (χ0) is 14.4. The lowest BCUT2D eigenvalue weighted by molar-refractivity contribution is -0.137. The smallest absolute Gasteiger partial charge is 0.317 e. The molecule has 104 valence electrons. The first-order chi connectivity index (χ1) is 9.42. The molecule has 5 heteroatoms. The monoisotopic (exact) mass is 296 g/mol. The maximum atomic E-state index is 13.3. The maximum absolute atomic E-state index is 13.3. The Morgan fingerprint density at radius 1 is 0.850 bits per heavy atom. The van der Waals surface area contributed by atoms with Crippen molar-refractivity contribution >= 4 is 12.4 Å². The SMILES string of the molecule is O=P1(c2ccc(C(F)(F)F)cc2)C2C=CC=CC1C=C2. The molecule has 0 aliphatic carbocycles. The molecule has 0 aromatic heterocycles. The summed E-state index contributed by atoms with van der Waals surface area (Å²) in [6.07, 6.45) is 6.76. The lowest BCUT2D eigenvalue weighted by Gasteiger charge is -2.22. The lowest BCUT2D eigenvalue weighted by atomic mass is 10.2. The Balaban J connectivity index is 2.03. The van der Waals surface area contributed by atoms with E-state index >= 15 is 0 Å². The Morgan fingerprint density at radius 2 is 1.35 bits per heavy atom. The number of benzene rings is 1. The number of rotatable bonds is 1. The van der Waals surface area contributed by atoms with E-state index in [1.165, 1.54) is 12.1 Å². The summed E-state index contributed by atoms with van der Waals surface area (Å²) in [6, 6.07) is 4.71. The van der Waals surface area contributed by atoms with Crippen LogP contribution in [0.4, 0.5) is 13.2 Å². The molecule has 2 heterocycles. The van der Waals surface area contributed by atoms with Crippen molar-refractivity contribution in [1.29, 1.82) is 0 Å². The highest BCUT2D eigenvalue weighted by molar-refractivity contribution is 7.74. The van der Waals surface area contributed by atoms with Gasteiger partial charge in [0.25, 0.3) is 0 Å². The fourth-order valence-corrected chi connectivity index (χ4v) is 5.77. The fourth-order valence-electron chi connectivity index (χ4n) is 2.65. The van der Waals surface area contributed by atoms with Crippen molar-refractivity contribution in [2.24, 2.45) is 0 Å². The molecule has 0 radical (unpaired) electrons. The minimum Gasteiger partial charge on any atom is -0.317 e. The van der Waals surface area contributed by atoms with E-state index in [4.69, 9.17) is 0 Å². The van der Waals surface area contributed by atoms with Crippen molar-refractivity contribution in [2.75, 3.05) is 0 Å². The Morgan fingerprint density at radius 3 is 1.80 bits per heavy atom. The highest BCUT2D eigenvalue weighted by Gasteiger charge is 2.42. The van der Waals surface area contributed by atoms with Crippen LogP contribution in [0.15, 0.2) is 60.7 Å². The molecule has 0 fully saturated rings. The maximum Gasteiger partial charge on any atom is 0.416 e. The van der Waals surface area contributed by atoms with Crippen LogP contribution in [0.3, 0.4) is 0 Å². The van der Waals surface area contributed by atoms with Crippen molar-refractivity contribution < 1.29 is 17.7 Å². The normalized spacial score (nSPS) is 31.6. The molecule has 0 amide bonds. The minimum atomic E-state index is -4.37. The fraction of sp³-hybridized carbons (Fsp3) is 0.200. The molecule has 2 aliphatic rings. The Labute approximate surface area is 114 Å². The third kappa shape index (κ3) is 1.99. The molecule has 1 aromatic rings. The first-order valence-electron chi connectivity index (χ1n) is 6.23. The van der Waals surface area contributed by atoms with Gasteiger partial charge in [-0.3, -0.25) is 0 Å². The van der Waals surface area contributed by atoms with Gasteiger partial charge in [0, 0.05) is 5.30 Å². The van der Waals surface area contributed by atoms with Crippen LogP contribution in [0.5, 0.6) is 0 Å². The first-order valence-corrected chi connectivity index (χ1v) is 8.07. The van der Waals surface area contributed by atoms with Gasteiger partial charge in [-0.15, -0.1) is 0 Å². The summed E-state index contributed by atoms with van der Waals surface area (Å²) in [5.41, 5.74) is -1.16. The van der Waals surface area contributed by atoms with E-state index < -0.39 is 18.9 Å². The molecule has 2 unspecified atom stereocenters. The van der Waals surface area contributed by atoms with E-state index in [9.17, 15) is 17.7 Å². The predicted molar refractivity (Wildman–Crippen MR) is 73.7 cm³/mol. The van der Waals surface area contributed by atoms with E-state index in [1.54, 1.807) is 0 Å². The molecule has 0 saturated carbocycles. The zero-order valence-electron chi connectivity index (χ0n) is 10.4. The highest BCUT2D eigenvalue weighted by atomic mass is 31.2. The predicted octanol–water partition coefficient (Wildman–Crippen LogP) is 4.13.